The number of hydrogen-bond acceptors (Lipinski definition) is 1. The third kappa shape index (κ3) is 2.18. The largest absolute Gasteiger partial charge is 0.382 e. The number of halogens is 4. The molecule has 0 aliphatic heterocycles. The van der Waals surface area contributed by atoms with E-state index in [2.05, 4.69) is 0 Å². The van der Waals surface area contributed by atoms with Crippen LogP contribution in [0.1, 0.15) is 11.7 Å². The van der Waals surface area contributed by atoms with Crippen LogP contribution in [0.2, 0.25) is 0 Å². The fourth-order valence-electron chi connectivity index (χ4n) is 0.877. The number of aliphatic hydroxyl groups excluding tert-OH is 1. The average Bonchev–Trinajstić information content (AvgIpc) is 2.08. The van der Waals surface area contributed by atoms with Crippen molar-refractivity contribution < 1.29 is 22.7 Å². The first-order valence-corrected chi connectivity index (χ1v) is 3.43. The van der Waals surface area contributed by atoms with Gasteiger partial charge in [-0.15, -0.1) is 0 Å². The molecule has 1 aromatic rings. The Bertz CT molecular complexity index is 300. The van der Waals surface area contributed by atoms with Crippen LogP contribution in [-0.2, 0) is 0 Å². The topological polar surface area (TPSA) is 20.2 Å². The lowest BCUT2D eigenvalue weighted by Gasteiger charge is -2.10. The minimum atomic E-state index is -3.13. The van der Waals surface area contributed by atoms with E-state index in [1.807, 2.05) is 0 Å². The van der Waals surface area contributed by atoms with Gasteiger partial charge in [-0.2, -0.15) is 0 Å². The van der Waals surface area contributed by atoms with E-state index in [0.29, 0.717) is 12.1 Å². The lowest BCUT2D eigenvalue weighted by Crippen LogP contribution is -2.10. The first kappa shape index (κ1) is 9.98. The SMILES string of the molecule is O[C@H](c1cc(F)ccc1F)C(F)F. The van der Waals surface area contributed by atoms with Crippen molar-refractivity contribution in [3.05, 3.63) is 35.4 Å². The Labute approximate surface area is 71.6 Å². The summed E-state index contributed by atoms with van der Waals surface area (Å²) in [5.74, 6) is -1.91. The van der Waals surface area contributed by atoms with Gasteiger partial charge in [-0.05, 0) is 18.2 Å². The van der Waals surface area contributed by atoms with Crippen LogP contribution in [0.4, 0.5) is 17.6 Å². The maximum atomic E-state index is 12.7. The molecule has 1 nitrogen and oxygen atoms in total. The smallest absolute Gasteiger partial charge is 0.268 e. The molecular formula is C8H6F4O. The highest BCUT2D eigenvalue weighted by Crippen LogP contribution is 2.23. The van der Waals surface area contributed by atoms with E-state index in [0.717, 1.165) is 6.07 Å². The lowest BCUT2D eigenvalue weighted by molar-refractivity contribution is -0.00787. The standard InChI is InChI=1S/C8H6F4O/c9-4-1-2-6(10)5(3-4)7(13)8(11)12/h1-3,7-8,13H/t7-/m1/s1. The van der Waals surface area contributed by atoms with Gasteiger partial charge in [-0.1, -0.05) is 0 Å². The maximum Gasteiger partial charge on any atom is 0.268 e. The summed E-state index contributed by atoms with van der Waals surface area (Å²) in [6.07, 6.45) is -5.41. The number of hydrogen-bond donors (Lipinski definition) is 1. The van der Waals surface area contributed by atoms with E-state index in [-0.39, 0.29) is 0 Å². The molecule has 1 N–H and O–H groups in total. The molecule has 1 aromatic carbocycles. The first-order chi connectivity index (χ1) is 6.02. The van der Waals surface area contributed by atoms with Crippen molar-refractivity contribution in [2.24, 2.45) is 0 Å². The summed E-state index contributed by atoms with van der Waals surface area (Å²) >= 11 is 0. The van der Waals surface area contributed by atoms with Gasteiger partial charge in [-0.3, -0.25) is 0 Å². The molecule has 0 aromatic heterocycles. The summed E-state index contributed by atoms with van der Waals surface area (Å²) in [6.45, 7) is 0. The van der Waals surface area contributed by atoms with E-state index in [9.17, 15) is 17.6 Å². The normalized spacial score (nSPS) is 13.4. The molecule has 0 saturated heterocycles. The van der Waals surface area contributed by atoms with Crippen molar-refractivity contribution in [1.29, 1.82) is 0 Å². The predicted molar refractivity (Wildman–Crippen MR) is 37.3 cm³/mol. The van der Waals surface area contributed by atoms with Gasteiger partial charge in [0.15, 0.2) is 0 Å². The van der Waals surface area contributed by atoms with Gasteiger partial charge in [-0.25, -0.2) is 17.6 Å². The Morgan fingerprint density at radius 2 is 1.77 bits per heavy atom. The second-order valence-corrected chi connectivity index (χ2v) is 2.45. The van der Waals surface area contributed by atoms with Gasteiger partial charge in [0.05, 0.1) is 0 Å². The van der Waals surface area contributed by atoms with E-state index in [1.165, 1.54) is 0 Å². The van der Waals surface area contributed by atoms with Crippen LogP contribution in [0.3, 0.4) is 0 Å². The van der Waals surface area contributed by atoms with E-state index in [1.54, 1.807) is 0 Å². The predicted octanol–water partition coefficient (Wildman–Crippen LogP) is 2.26. The molecule has 0 spiro atoms. The van der Waals surface area contributed by atoms with Crippen LogP contribution < -0.4 is 0 Å². The summed E-state index contributed by atoms with van der Waals surface area (Å²) in [6, 6.07) is 2.03. The van der Waals surface area contributed by atoms with Crippen LogP contribution in [-0.4, -0.2) is 11.5 Å². The fraction of sp³-hybridized carbons (Fsp3) is 0.250. The second-order valence-electron chi connectivity index (χ2n) is 2.45. The highest BCUT2D eigenvalue weighted by Gasteiger charge is 2.22. The molecule has 1 rings (SSSR count). The lowest BCUT2D eigenvalue weighted by atomic mass is 10.1. The highest BCUT2D eigenvalue weighted by molar-refractivity contribution is 5.21. The molecule has 0 radical (unpaired) electrons. The molecule has 0 bridgehead atoms. The third-order valence-electron chi connectivity index (χ3n) is 1.52. The van der Waals surface area contributed by atoms with Gasteiger partial charge in [0.2, 0.25) is 0 Å². The highest BCUT2D eigenvalue weighted by atomic mass is 19.3. The van der Waals surface area contributed by atoms with Crippen molar-refractivity contribution in [3.8, 4) is 0 Å². The van der Waals surface area contributed by atoms with Crippen LogP contribution in [0.5, 0.6) is 0 Å². The molecule has 0 saturated carbocycles. The molecule has 72 valence electrons. The zero-order chi connectivity index (χ0) is 10.0. The number of rotatable bonds is 2. The molecule has 5 heteroatoms. The van der Waals surface area contributed by atoms with Gasteiger partial charge in [0, 0.05) is 5.56 Å². The van der Waals surface area contributed by atoms with Gasteiger partial charge < -0.3 is 5.11 Å². The summed E-state index contributed by atoms with van der Waals surface area (Å²) in [5.41, 5.74) is -0.727. The van der Waals surface area contributed by atoms with Crippen molar-refractivity contribution in [1.82, 2.24) is 0 Å². The summed E-state index contributed by atoms with van der Waals surface area (Å²) in [5, 5.41) is 8.75. The van der Waals surface area contributed by atoms with Crippen LogP contribution in [0.25, 0.3) is 0 Å². The van der Waals surface area contributed by atoms with Crippen molar-refractivity contribution in [2.75, 3.05) is 0 Å². The number of alkyl halides is 2. The molecular weight excluding hydrogens is 188 g/mol. The van der Waals surface area contributed by atoms with Crippen LogP contribution in [0, 0.1) is 11.6 Å². The van der Waals surface area contributed by atoms with Crippen molar-refractivity contribution in [3.63, 3.8) is 0 Å². The van der Waals surface area contributed by atoms with Crippen molar-refractivity contribution in [2.45, 2.75) is 12.5 Å². The zero-order valence-corrected chi connectivity index (χ0v) is 6.35. The Balaban J connectivity index is 3.05. The second kappa shape index (κ2) is 3.74. The first-order valence-electron chi connectivity index (χ1n) is 3.43. The van der Waals surface area contributed by atoms with Crippen molar-refractivity contribution >= 4 is 0 Å². The molecule has 0 heterocycles. The molecule has 0 amide bonds. The molecule has 13 heavy (non-hydrogen) atoms. The molecule has 0 fully saturated rings. The van der Waals surface area contributed by atoms with E-state index in [4.69, 9.17) is 5.11 Å². The van der Waals surface area contributed by atoms with Gasteiger partial charge in [0.25, 0.3) is 6.43 Å². The Hall–Kier alpha value is -1.10. The zero-order valence-electron chi connectivity index (χ0n) is 6.35. The van der Waals surface area contributed by atoms with Gasteiger partial charge >= 0.3 is 0 Å². The molecule has 0 aliphatic rings. The van der Waals surface area contributed by atoms with Gasteiger partial charge in [0.1, 0.15) is 17.7 Å². The minimum absolute atomic E-state index is 0.548. The number of benzene rings is 1. The summed E-state index contributed by atoms with van der Waals surface area (Å²) in [7, 11) is 0. The fourth-order valence-corrected chi connectivity index (χ4v) is 0.877. The maximum absolute atomic E-state index is 12.7. The Morgan fingerprint density at radius 3 is 2.31 bits per heavy atom. The summed E-state index contributed by atoms with van der Waals surface area (Å²) in [4.78, 5) is 0. The minimum Gasteiger partial charge on any atom is -0.382 e. The average molecular weight is 194 g/mol. The Morgan fingerprint density at radius 1 is 1.15 bits per heavy atom. The van der Waals surface area contributed by atoms with E-state index >= 15 is 0 Å². The number of aliphatic hydroxyl groups is 1. The van der Waals surface area contributed by atoms with Crippen LogP contribution >= 0.6 is 0 Å². The Kier molecular flexibility index (Phi) is 2.87. The monoisotopic (exact) mass is 194 g/mol. The quantitative estimate of drug-likeness (QED) is 0.716. The molecule has 0 aliphatic carbocycles. The summed E-state index contributed by atoms with van der Waals surface area (Å²) < 4.78 is 48.9. The van der Waals surface area contributed by atoms with E-state index < -0.39 is 29.7 Å². The molecule has 1 atom stereocenters. The molecule has 0 unspecified atom stereocenters. The van der Waals surface area contributed by atoms with Crippen LogP contribution in [0.15, 0.2) is 18.2 Å². The third-order valence-corrected chi connectivity index (χ3v) is 1.52.